The number of unbranched alkanes of at least 4 members (excludes halogenated alkanes) is 1. The number of hydrogen-bond acceptors (Lipinski definition) is 7. The summed E-state index contributed by atoms with van der Waals surface area (Å²) in [5.74, 6) is -0.587. The Bertz CT molecular complexity index is 1150. The zero-order chi connectivity index (χ0) is 26.8. The van der Waals surface area contributed by atoms with Crippen LogP contribution in [0.5, 0.6) is 5.75 Å². The number of ketones is 1. The average molecular weight is 525 g/mol. The number of thiazole rings is 1. The number of nitrogens with zero attached hydrogens (tertiary/aromatic N) is 1. The largest absolute Gasteiger partial charge is 0.494 e. The molecule has 3 rings (SSSR count). The molecule has 0 bridgehead atoms. The molecule has 37 heavy (non-hydrogen) atoms. The Morgan fingerprint density at radius 2 is 1.89 bits per heavy atom. The van der Waals surface area contributed by atoms with Crippen molar-refractivity contribution in [3.63, 3.8) is 0 Å². The number of amides is 1. The fourth-order valence-electron chi connectivity index (χ4n) is 3.70. The number of rotatable bonds is 14. The lowest BCUT2D eigenvalue weighted by molar-refractivity contribution is -0.139. The number of benzene rings is 1. The minimum atomic E-state index is -0.552. The smallest absolute Gasteiger partial charge is 0.333 e. The molecule has 0 aliphatic heterocycles. The lowest BCUT2D eigenvalue weighted by atomic mass is 10.1. The molecule has 1 heterocycles. The predicted molar refractivity (Wildman–Crippen MR) is 145 cm³/mol. The van der Waals surface area contributed by atoms with E-state index in [1.54, 1.807) is 19.9 Å². The topological polar surface area (TPSA) is 94.6 Å². The zero-order valence-corrected chi connectivity index (χ0v) is 22.9. The molecule has 1 aliphatic rings. The van der Waals surface area contributed by atoms with E-state index < -0.39 is 11.9 Å². The molecule has 1 fully saturated rings. The van der Waals surface area contributed by atoms with Gasteiger partial charge in [0.25, 0.3) is 5.91 Å². The van der Waals surface area contributed by atoms with Gasteiger partial charge >= 0.3 is 5.97 Å². The van der Waals surface area contributed by atoms with E-state index in [1.165, 1.54) is 11.3 Å². The van der Waals surface area contributed by atoms with E-state index in [4.69, 9.17) is 14.5 Å². The highest BCUT2D eigenvalue weighted by Gasteiger charge is 2.35. The molecule has 0 spiro atoms. The second-order valence-electron chi connectivity index (χ2n) is 9.26. The lowest BCUT2D eigenvalue weighted by Gasteiger charge is -2.17. The van der Waals surface area contributed by atoms with Crippen LogP contribution in [0.4, 0.5) is 0 Å². The van der Waals surface area contributed by atoms with Crippen LogP contribution in [0, 0.1) is 5.92 Å². The number of carbonyl (C=O) groups excluding carboxylic acids is 3. The van der Waals surface area contributed by atoms with Crippen molar-refractivity contribution in [3.8, 4) is 5.75 Å². The van der Waals surface area contributed by atoms with Crippen molar-refractivity contribution in [2.24, 2.45) is 5.92 Å². The first kappa shape index (κ1) is 28.3. The van der Waals surface area contributed by atoms with Gasteiger partial charge < -0.3 is 14.8 Å². The van der Waals surface area contributed by atoms with E-state index in [-0.39, 0.29) is 17.7 Å². The summed E-state index contributed by atoms with van der Waals surface area (Å²) in [7, 11) is 0. The number of ether oxygens (including phenoxy) is 2. The number of aromatic nitrogens is 1. The second-order valence-corrected chi connectivity index (χ2v) is 10.2. The molecule has 1 aliphatic carbocycles. The Balaban J connectivity index is 1.76. The van der Waals surface area contributed by atoms with Crippen LogP contribution in [0.3, 0.4) is 0 Å². The molecule has 1 N–H and O–H groups in total. The number of Topliss-reactive ketones (excluding diaryl/α,β-unsaturated/α-hetero) is 1. The molecular weight excluding hydrogens is 488 g/mol. The van der Waals surface area contributed by atoms with Crippen LogP contribution >= 0.6 is 11.3 Å². The van der Waals surface area contributed by atoms with Crippen LogP contribution < -0.4 is 10.1 Å². The molecule has 0 saturated heterocycles. The quantitative estimate of drug-likeness (QED) is 0.113. The summed E-state index contributed by atoms with van der Waals surface area (Å²) in [5, 5.41) is 5.54. The Morgan fingerprint density at radius 3 is 2.54 bits per heavy atom. The maximum absolute atomic E-state index is 12.7. The first-order valence-electron chi connectivity index (χ1n) is 12.9. The summed E-state index contributed by atoms with van der Waals surface area (Å²) in [5.41, 5.74) is 3.09. The molecule has 8 heteroatoms. The van der Waals surface area contributed by atoms with Crippen molar-refractivity contribution in [2.45, 2.75) is 65.8 Å². The van der Waals surface area contributed by atoms with Crippen molar-refractivity contribution in [2.75, 3.05) is 13.2 Å². The van der Waals surface area contributed by atoms with Gasteiger partial charge in [-0.2, -0.15) is 0 Å². The van der Waals surface area contributed by atoms with Gasteiger partial charge in [0.2, 0.25) is 5.78 Å². The fraction of sp³-hybridized carbons (Fsp3) is 0.448. The van der Waals surface area contributed by atoms with Crippen LogP contribution in [0.25, 0.3) is 6.08 Å². The number of carbonyl (C=O) groups is 3. The third-order valence-electron chi connectivity index (χ3n) is 5.86. The molecule has 1 atom stereocenters. The molecule has 1 aromatic carbocycles. The Labute approximate surface area is 223 Å². The SMILES string of the molecule is CCCCOc1ccc(C[C@H](NC(=O)C(=O)C2CC2)c2nc(/C=C(C)/C=C(/C)C(=O)OCC)cs2)cc1. The van der Waals surface area contributed by atoms with E-state index in [2.05, 4.69) is 12.2 Å². The predicted octanol–water partition coefficient (Wildman–Crippen LogP) is 5.61. The van der Waals surface area contributed by atoms with Gasteiger partial charge in [0.05, 0.1) is 24.9 Å². The minimum absolute atomic E-state index is 0.146. The van der Waals surface area contributed by atoms with E-state index in [0.717, 1.165) is 48.3 Å². The van der Waals surface area contributed by atoms with E-state index in [9.17, 15) is 14.4 Å². The van der Waals surface area contributed by atoms with Crippen molar-refractivity contribution < 1.29 is 23.9 Å². The molecule has 2 aromatic rings. The molecule has 1 saturated carbocycles. The number of nitrogens with one attached hydrogen (secondary N) is 1. The zero-order valence-electron chi connectivity index (χ0n) is 22.0. The van der Waals surface area contributed by atoms with Gasteiger partial charge in [-0.1, -0.05) is 25.5 Å². The van der Waals surface area contributed by atoms with E-state index >= 15 is 0 Å². The van der Waals surface area contributed by atoms with Crippen molar-refractivity contribution in [3.05, 3.63) is 63.1 Å². The maximum atomic E-state index is 12.7. The molecule has 7 nitrogen and oxygen atoms in total. The standard InChI is InChI=1S/C29H36N2O5S/c1-5-7-14-36-24-12-8-21(9-13-24)17-25(31-27(33)26(32)22-10-11-22)28-30-23(18-37-28)16-19(3)15-20(4)29(34)35-6-2/h8-9,12-13,15-16,18,22,25H,5-7,10-11,14,17H2,1-4H3,(H,31,33)/b19-16+,20-15-/t25-/m0/s1. The van der Waals surface area contributed by atoms with Crippen molar-refractivity contribution >= 4 is 35.1 Å². The summed E-state index contributed by atoms with van der Waals surface area (Å²) < 4.78 is 10.8. The lowest BCUT2D eigenvalue weighted by Crippen LogP contribution is -2.36. The first-order valence-corrected chi connectivity index (χ1v) is 13.7. The summed E-state index contributed by atoms with van der Waals surface area (Å²) >= 11 is 1.43. The van der Waals surface area contributed by atoms with Gasteiger partial charge in [-0.15, -0.1) is 11.3 Å². The first-order chi connectivity index (χ1) is 17.8. The highest BCUT2D eigenvalue weighted by Crippen LogP contribution is 2.31. The van der Waals surface area contributed by atoms with Crippen LogP contribution in [-0.2, 0) is 25.5 Å². The summed E-state index contributed by atoms with van der Waals surface area (Å²) in [6.45, 7) is 8.50. The van der Waals surface area contributed by atoms with Crippen LogP contribution in [0.15, 0.2) is 46.9 Å². The van der Waals surface area contributed by atoms with Gasteiger partial charge in [-0.25, -0.2) is 9.78 Å². The molecule has 1 amide bonds. The average Bonchev–Trinajstić information content (AvgIpc) is 3.63. The number of esters is 1. The summed E-state index contributed by atoms with van der Waals surface area (Å²) in [6, 6.07) is 7.37. The van der Waals surface area contributed by atoms with Gasteiger partial charge in [0, 0.05) is 16.9 Å². The molecule has 0 radical (unpaired) electrons. The summed E-state index contributed by atoms with van der Waals surface area (Å²) in [4.78, 5) is 41.6. The third-order valence-corrected chi connectivity index (χ3v) is 6.84. The highest BCUT2D eigenvalue weighted by molar-refractivity contribution is 7.09. The normalized spacial score (nSPS) is 14.7. The molecule has 0 unspecified atom stereocenters. The number of hydrogen-bond donors (Lipinski definition) is 1. The van der Waals surface area contributed by atoms with Gasteiger partial charge in [0.15, 0.2) is 0 Å². The van der Waals surface area contributed by atoms with Crippen molar-refractivity contribution in [1.82, 2.24) is 10.3 Å². The van der Waals surface area contributed by atoms with E-state index in [1.807, 2.05) is 42.6 Å². The minimum Gasteiger partial charge on any atom is -0.494 e. The Morgan fingerprint density at radius 1 is 1.16 bits per heavy atom. The number of allylic oxidation sites excluding steroid dienone is 2. The van der Waals surface area contributed by atoms with Gasteiger partial charge in [-0.3, -0.25) is 9.59 Å². The maximum Gasteiger partial charge on any atom is 0.333 e. The van der Waals surface area contributed by atoms with Crippen LogP contribution in [0.1, 0.15) is 75.7 Å². The molecule has 1 aromatic heterocycles. The molecular formula is C29H36N2O5S. The van der Waals surface area contributed by atoms with Crippen LogP contribution in [-0.4, -0.2) is 35.9 Å². The highest BCUT2D eigenvalue weighted by atomic mass is 32.1. The van der Waals surface area contributed by atoms with E-state index in [0.29, 0.717) is 30.2 Å². The van der Waals surface area contributed by atoms with Gasteiger partial charge in [-0.05, 0) is 81.9 Å². The third kappa shape index (κ3) is 8.97. The second kappa shape index (κ2) is 13.9. The van der Waals surface area contributed by atoms with Crippen molar-refractivity contribution in [1.29, 1.82) is 0 Å². The van der Waals surface area contributed by atoms with Crippen LogP contribution in [0.2, 0.25) is 0 Å². The van der Waals surface area contributed by atoms with Gasteiger partial charge in [0.1, 0.15) is 10.8 Å². The molecule has 198 valence electrons. The summed E-state index contributed by atoms with van der Waals surface area (Å²) in [6.07, 6.45) is 7.76. The Hall–Kier alpha value is -3.26. The fourth-order valence-corrected chi connectivity index (χ4v) is 4.53. The monoisotopic (exact) mass is 524 g/mol. The Kier molecular flexibility index (Phi) is 10.6.